The molecule has 0 bridgehead atoms. The number of likely N-dealkylation sites (N-methyl/N-ethyl adjacent to an activating group) is 1. The molecule has 0 saturated carbocycles. The first-order chi connectivity index (χ1) is 10.4. The fourth-order valence-corrected chi connectivity index (χ4v) is 1.76. The lowest BCUT2D eigenvalue weighted by molar-refractivity contribution is -0.141. The van der Waals surface area contributed by atoms with E-state index in [2.05, 4.69) is 4.74 Å². The van der Waals surface area contributed by atoms with Gasteiger partial charge in [-0.1, -0.05) is 0 Å². The Morgan fingerprint density at radius 2 is 1.57 bits per heavy atom. The Labute approximate surface area is 138 Å². The zero-order valence-electron chi connectivity index (χ0n) is 15.3. The highest BCUT2D eigenvalue weighted by atomic mass is 16.6. The van der Waals surface area contributed by atoms with Crippen LogP contribution in [0.15, 0.2) is 11.3 Å². The second kappa shape index (κ2) is 8.55. The van der Waals surface area contributed by atoms with E-state index in [9.17, 15) is 14.4 Å². The predicted molar refractivity (Wildman–Crippen MR) is 86.6 cm³/mol. The van der Waals surface area contributed by atoms with E-state index in [0.29, 0.717) is 5.57 Å². The van der Waals surface area contributed by atoms with Gasteiger partial charge in [0.25, 0.3) is 0 Å². The van der Waals surface area contributed by atoms with Crippen molar-refractivity contribution in [2.24, 2.45) is 0 Å². The summed E-state index contributed by atoms with van der Waals surface area (Å²) in [6.45, 7) is 8.96. The highest BCUT2D eigenvalue weighted by molar-refractivity contribution is 5.94. The van der Waals surface area contributed by atoms with Crippen LogP contribution in [0, 0.1) is 0 Å². The van der Waals surface area contributed by atoms with E-state index in [1.165, 1.54) is 24.0 Å². The fraction of sp³-hybridized carbons (Fsp3) is 0.688. The van der Waals surface area contributed by atoms with Crippen LogP contribution in [-0.2, 0) is 19.1 Å². The van der Waals surface area contributed by atoms with Crippen LogP contribution in [0.3, 0.4) is 0 Å². The molecular weight excluding hydrogens is 300 g/mol. The summed E-state index contributed by atoms with van der Waals surface area (Å²) in [5, 5.41) is 0. The Balaban J connectivity index is 4.74. The molecule has 7 nitrogen and oxygen atoms in total. The molecule has 0 aromatic heterocycles. The van der Waals surface area contributed by atoms with Gasteiger partial charge < -0.3 is 19.3 Å². The van der Waals surface area contributed by atoms with Gasteiger partial charge in [-0.15, -0.1) is 0 Å². The van der Waals surface area contributed by atoms with E-state index >= 15 is 0 Å². The lowest BCUT2D eigenvalue weighted by Gasteiger charge is -2.25. The number of hydrogen-bond acceptors (Lipinski definition) is 5. The van der Waals surface area contributed by atoms with Crippen molar-refractivity contribution in [3.8, 4) is 0 Å². The minimum absolute atomic E-state index is 0.0695. The van der Waals surface area contributed by atoms with Crippen molar-refractivity contribution in [2.75, 3.05) is 27.7 Å². The molecule has 0 aromatic rings. The maximum Gasteiger partial charge on any atom is 0.410 e. The molecule has 0 heterocycles. The van der Waals surface area contributed by atoms with Crippen LogP contribution < -0.4 is 0 Å². The van der Waals surface area contributed by atoms with E-state index < -0.39 is 17.7 Å². The molecular formula is C16H28N2O5. The smallest absolute Gasteiger partial charge is 0.410 e. The summed E-state index contributed by atoms with van der Waals surface area (Å²) >= 11 is 0. The summed E-state index contributed by atoms with van der Waals surface area (Å²) in [7, 11) is 4.33. The Morgan fingerprint density at radius 1 is 1.04 bits per heavy atom. The molecule has 0 radical (unpaired) electrons. The molecule has 0 spiro atoms. The number of carbonyl (C=O) groups excluding carboxylic acids is 3. The topological polar surface area (TPSA) is 76.2 Å². The summed E-state index contributed by atoms with van der Waals surface area (Å²) in [6.07, 6.45) is -0.427. The predicted octanol–water partition coefficient (Wildman–Crippen LogP) is 2.17. The Kier molecular flexibility index (Phi) is 7.79. The standard InChI is InChI=1S/C16H28N2O5/c1-11(2)13(14(20)22-8)18(7)12(19)9-10-17(6)15(21)23-16(3,4)5/h9-10H2,1-8H3. The number of methoxy groups -OCH3 is 1. The Hall–Kier alpha value is -2.05. The van der Waals surface area contributed by atoms with E-state index in [1.807, 2.05) is 0 Å². The van der Waals surface area contributed by atoms with Gasteiger partial charge in [-0.05, 0) is 40.2 Å². The van der Waals surface area contributed by atoms with Crippen LogP contribution in [-0.4, -0.2) is 61.1 Å². The molecule has 7 heteroatoms. The van der Waals surface area contributed by atoms with E-state index in [1.54, 1.807) is 41.7 Å². The van der Waals surface area contributed by atoms with Crippen molar-refractivity contribution in [2.45, 2.75) is 46.6 Å². The quantitative estimate of drug-likeness (QED) is 0.571. The molecule has 0 atom stereocenters. The number of ether oxygens (including phenoxy) is 2. The third-order valence-corrected chi connectivity index (χ3v) is 2.93. The summed E-state index contributed by atoms with van der Waals surface area (Å²) in [5.41, 5.74) is 0.289. The van der Waals surface area contributed by atoms with Gasteiger partial charge in [-0.25, -0.2) is 9.59 Å². The number of hydrogen-bond donors (Lipinski definition) is 0. The first-order valence-corrected chi connectivity index (χ1v) is 7.37. The van der Waals surface area contributed by atoms with Crippen LogP contribution >= 0.6 is 0 Å². The Morgan fingerprint density at radius 3 is 1.96 bits per heavy atom. The van der Waals surface area contributed by atoms with Crippen molar-refractivity contribution < 1.29 is 23.9 Å². The molecule has 0 rings (SSSR count). The molecule has 0 saturated heterocycles. The molecule has 23 heavy (non-hydrogen) atoms. The largest absolute Gasteiger partial charge is 0.464 e. The molecule has 0 fully saturated rings. The third-order valence-electron chi connectivity index (χ3n) is 2.93. The normalized spacial score (nSPS) is 10.6. The van der Waals surface area contributed by atoms with Crippen molar-refractivity contribution in [1.82, 2.24) is 9.80 Å². The maximum atomic E-state index is 12.2. The van der Waals surface area contributed by atoms with Crippen LogP contribution in [0.25, 0.3) is 0 Å². The van der Waals surface area contributed by atoms with Gasteiger partial charge in [0.15, 0.2) is 0 Å². The lowest BCUT2D eigenvalue weighted by Crippen LogP contribution is -2.37. The van der Waals surface area contributed by atoms with E-state index in [-0.39, 0.29) is 24.6 Å². The van der Waals surface area contributed by atoms with Crippen molar-refractivity contribution in [3.05, 3.63) is 11.3 Å². The van der Waals surface area contributed by atoms with Gasteiger partial charge in [0.1, 0.15) is 11.3 Å². The monoisotopic (exact) mass is 328 g/mol. The second-order valence-corrected chi connectivity index (χ2v) is 6.44. The average Bonchev–Trinajstić information content (AvgIpc) is 2.41. The summed E-state index contributed by atoms with van der Waals surface area (Å²) in [5.74, 6) is -0.858. The van der Waals surface area contributed by atoms with Crippen molar-refractivity contribution in [3.63, 3.8) is 0 Å². The Bertz CT molecular complexity index is 487. The average molecular weight is 328 g/mol. The molecule has 132 valence electrons. The van der Waals surface area contributed by atoms with Gasteiger partial charge in [-0.3, -0.25) is 4.79 Å². The second-order valence-electron chi connectivity index (χ2n) is 6.44. The van der Waals surface area contributed by atoms with Crippen molar-refractivity contribution >= 4 is 18.0 Å². The van der Waals surface area contributed by atoms with Gasteiger partial charge in [-0.2, -0.15) is 0 Å². The van der Waals surface area contributed by atoms with Crippen molar-refractivity contribution in [1.29, 1.82) is 0 Å². The first-order valence-electron chi connectivity index (χ1n) is 7.37. The highest BCUT2D eigenvalue weighted by Crippen LogP contribution is 2.13. The zero-order chi connectivity index (χ0) is 18.4. The molecule has 0 N–H and O–H groups in total. The molecule has 0 aromatic carbocycles. The molecule has 0 aliphatic rings. The zero-order valence-corrected chi connectivity index (χ0v) is 15.3. The van der Waals surface area contributed by atoms with E-state index in [0.717, 1.165) is 0 Å². The van der Waals surface area contributed by atoms with Gasteiger partial charge in [0.2, 0.25) is 5.91 Å². The molecule has 0 aliphatic heterocycles. The van der Waals surface area contributed by atoms with Crippen LogP contribution in [0.2, 0.25) is 0 Å². The van der Waals surface area contributed by atoms with Gasteiger partial charge in [0, 0.05) is 27.1 Å². The number of amides is 2. The molecule has 2 amide bonds. The summed E-state index contributed by atoms with van der Waals surface area (Å²) in [6, 6.07) is 0. The van der Waals surface area contributed by atoms with Crippen LogP contribution in [0.1, 0.15) is 41.0 Å². The highest BCUT2D eigenvalue weighted by Gasteiger charge is 2.24. The van der Waals surface area contributed by atoms with Crippen LogP contribution in [0.4, 0.5) is 4.79 Å². The van der Waals surface area contributed by atoms with E-state index in [4.69, 9.17) is 4.74 Å². The number of allylic oxidation sites excluding steroid dienone is 1. The van der Waals surface area contributed by atoms with Crippen LogP contribution in [0.5, 0.6) is 0 Å². The first kappa shape index (κ1) is 20.9. The van der Waals surface area contributed by atoms with Gasteiger partial charge >= 0.3 is 12.1 Å². The lowest BCUT2D eigenvalue weighted by atomic mass is 10.2. The minimum atomic E-state index is -0.591. The summed E-state index contributed by atoms with van der Waals surface area (Å²) < 4.78 is 9.90. The maximum absolute atomic E-state index is 12.2. The SMILES string of the molecule is COC(=O)C(=C(C)C)N(C)C(=O)CCN(C)C(=O)OC(C)(C)C. The number of carbonyl (C=O) groups is 3. The third kappa shape index (κ3) is 7.17. The number of rotatable bonds is 5. The number of nitrogens with zero attached hydrogens (tertiary/aromatic N) is 2. The summed E-state index contributed by atoms with van der Waals surface area (Å²) in [4.78, 5) is 38.4. The fourth-order valence-electron chi connectivity index (χ4n) is 1.76. The number of esters is 1. The minimum Gasteiger partial charge on any atom is -0.464 e. The molecule has 0 unspecified atom stereocenters. The van der Waals surface area contributed by atoms with Gasteiger partial charge in [0.05, 0.1) is 7.11 Å². The molecule has 0 aliphatic carbocycles.